The third-order valence-electron chi connectivity index (χ3n) is 2.49. The topological polar surface area (TPSA) is 21.3 Å². The van der Waals surface area contributed by atoms with Crippen LogP contribution in [-0.4, -0.2) is 19.3 Å². The highest BCUT2D eigenvalue weighted by molar-refractivity contribution is 5.25. The van der Waals surface area contributed by atoms with Gasteiger partial charge in [0.25, 0.3) is 0 Å². The monoisotopic (exact) mass is 231 g/mol. The number of halogens is 3. The van der Waals surface area contributed by atoms with E-state index < -0.39 is 11.7 Å². The smallest absolute Gasteiger partial charge is 0.378 e. The average molecular weight is 231 g/mol. The number of rotatable bonds is 3. The second kappa shape index (κ2) is 4.43. The van der Waals surface area contributed by atoms with E-state index in [2.05, 4.69) is 5.32 Å². The summed E-state index contributed by atoms with van der Waals surface area (Å²) in [5.74, 6) is 0. The number of hydrogen-bond acceptors (Lipinski definition) is 2. The van der Waals surface area contributed by atoms with Gasteiger partial charge in [0.1, 0.15) is 0 Å². The summed E-state index contributed by atoms with van der Waals surface area (Å²) in [4.78, 5) is 0. The molecule has 2 nitrogen and oxygen atoms in total. The lowest BCUT2D eigenvalue weighted by Crippen LogP contribution is -2.45. The van der Waals surface area contributed by atoms with Crippen molar-refractivity contribution in [2.75, 3.05) is 13.2 Å². The first kappa shape index (κ1) is 11.4. The number of hydrogen-bond donors (Lipinski definition) is 1. The SMILES string of the molecule is FC(F)(F)c1cccc(CNC2COC2)c1. The number of nitrogens with one attached hydrogen (secondary N) is 1. The van der Waals surface area contributed by atoms with Gasteiger partial charge in [-0.2, -0.15) is 13.2 Å². The van der Waals surface area contributed by atoms with Crippen molar-refractivity contribution in [1.82, 2.24) is 5.32 Å². The normalized spacial score (nSPS) is 17.2. The van der Waals surface area contributed by atoms with E-state index in [-0.39, 0.29) is 6.04 Å². The van der Waals surface area contributed by atoms with E-state index in [1.54, 1.807) is 6.07 Å². The summed E-state index contributed by atoms with van der Waals surface area (Å²) >= 11 is 0. The molecule has 0 aromatic heterocycles. The van der Waals surface area contributed by atoms with Crippen LogP contribution in [-0.2, 0) is 17.5 Å². The molecule has 1 fully saturated rings. The van der Waals surface area contributed by atoms with E-state index in [0.29, 0.717) is 25.3 Å². The summed E-state index contributed by atoms with van der Waals surface area (Å²) in [6.45, 7) is 1.72. The van der Waals surface area contributed by atoms with E-state index in [1.807, 2.05) is 0 Å². The van der Waals surface area contributed by atoms with Gasteiger partial charge in [-0.25, -0.2) is 0 Å². The fourth-order valence-corrected chi connectivity index (χ4v) is 1.47. The van der Waals surface area contributed by atoms with Crippen molar-refractivity contribution < 1.29 is 17.9 Å². The molecule has 1 saturated heterocycles. The fourth-order valence-electron chi connectivity index (χ4n) is 1.47. The van der Waals surface area contributed by atoms with Crippen LogP contribution in [0.15, 0.2) is 24.3 Å². The molecule has 0 amide bonds. The van der Waals surface area contributed by atoms with Crippen molar-refractivity contribution >= 4 is 0 Å². The molecule has 1 aliphatic heterocycles. The Bertz CT molecular complexity index is 360. The zero-order valence-electron chi connectivity index (χ0n) is 8.55. The van der Waals surface area contributed by atoms with Crippen LogP contribution in [0.1, 0.15) is 11.1 Å². The van der Waals surface area contributed by atoms with Crippen LogP contribution < -0.4 is 5.32 Å². The Balaban J connectivity index is 1.98. The maximum Gasteiger partial charge on any atom is 0.416 e. The summed E-state index contributed by atoms with van der Waals surface area (Å²) in [6.07, 6.45) is -4.27. The Morgan fingerprint density at radius 2 is 2.06 bits per heavy atom. The first-order valence-corrected chi connectivity index (χ1v) is 5.03. The quantitative estimate of drug-likeness (QED) is 0.861. The molecular weight excluding hydrogens is 219 g/mol. The first-order chi connectivity index (χ1) is 7.55. The van der Waals surface area contributed by atoms with Crippen LogP contribution in [0, 0.1) is 0 Å². The Hall–Kier alpha value is -1.07. The number of alkyl halides is 3. The van der Waals surface area contributed by atoms with Crippen LogP contribution in [0.4, 0.5) is 13.2 Å². The zero-order valence-corrected chi connectivity index (χ0v) is 8.55. The van der Waals surface area contributed by atoms with Gasteiger partial charge in [0.2, 0.25) is 0 Å². The van der Waals surface area contributed by atoms with Gasteiger partial charge in [-0.3, -0.25) is 0 Å². The molecule has 88 valence electrons. The molecule has 0 aliphatic carbocycles. The summed E-state index contributed by atoms with van der Waals surface area (Å²) in [5.41, 5.74) is 0.0402. The van der Waals surface area contributed by atoms with Gasteiger partial charge in [-0.1, -0.05) is 18.2 Å². The lowest BCUT2D eigenvalue weighted by atomic mass is 10.1. The molecule has 0 radical (unpaired) electrons. The zero-order chi connectivity index (χ0) is 11.6. The Morgan fingerprint density at radius 3 is 2.62 bits per heavy atom. The summed E-state index contributed by atoms with van der Waals surface area (Å²) in [5, 5.41) is 3.12. The highest BCUT2D eigenvalue weighted by atomic mass is 19.4. The van der Waals surface area contributed by atoms with Crippen molar-refractivity contribution in [3.8, 4) is 0 Å². The van der Waals surface area contributed by atoms with Crippen LogP contribution >= 0.6 is 0 Å². The second-order valence-corrected chi connectivity index (χ2v) is 3.81. The minimum Gasteiger partial charge on any atom is -0.378 e. The predicted octanol–water partition coefficient (Wildman–Crippen LogP) is 2.19. The maximum atomic E-state index is 12.4. The van der Waals surface area contributed by atoms with E-state index in [4.69, 9.17) is 4.74 Å². The van der Waals surface area contributed by atoms with E-state index in [1.165, 1.54) is 12.1 Å². The largest absolute Gasteiger partial charge is 0.416 e. The van der Waals surface area contributed by atoms with E-state index in [9.17, 15) is 13.2 Å². The number of ether oxygens (including phenoxy) is 1. The summed E-state index contributed by atoms with van der Waals surface area (Å²) < 4.78 is 42.2. The third-order valence-corrected chi connectivity index (χ3v) is 2.49. The standard InChI is InChI=1S/C11H12F3NO/c12-11(13,14)9-3-1-2-8(4-9)5-15-10-6-16-7-10/h1-4,10,15H,5-7H2. The summed E-state index contributed by atoms with van der Waals surface area (Å²) in [6, 6.07) is 5.64. The molecule has 1 aromatic carbocycles. The van der Waals surface area contributed by atoms with E-state index >= 15 is 0 Å². The average Bonchev–Trinajstić information content (AvgIpc) is 2.14. The van der Waals surface area contributed by atoms with Crippen molar-refractivity contribution in [1.29, 1.82) is 0 Å². The third kappa shape index (κ3) is 2.74. The van der Waals surface area contributed by atoms with Crippen LogP contribution in [0.3, 0.4) is 0 Å². The van der Waals surface area contributed by atoms with Gasteiger partial charge < -0.3 is 10.1 Å². The van der Waals surface area contributed by atoms with Crippen LogP contribution in [0.5, 0.6) is 0 Å². The van der Waals surface area contributed by atoms with E-state index in [0.717, 1.165) is 6.07 Å². The second-order valence-electron chi connectivity index (χ2n) is 3.81. The predicted molar refractivity (Wildman–Crippen MR) is 52.9 cm³/mol. The molecule has 1 N–H and O–H groups in total. The Kier molecular flexibility index (Phi) is 3.16. The number of benzene rings is 1. The highest BCUT2D eigenvalue weighted by Gasteiger charge is 2.30. The molecule has 1 aliphatic rings. The maximum absolute atomic E-state index is 12.4. The molecule has 2 rings (SSSR count). The van der Waals surface area contributed by atoms with Gasteiger partial charge in [0.15, 0.2) is 0 Å². The molecule has 0 saturated carbocycles. The molecule has 16 heavy (non-hydrogen) atoms. The van der Waals surface area contributed by atoms with Crippen molar-refractivity contribution in [2.24, 2.45) is 0 Å². The highest BCUT2D eigenvalue weighted by Crippen LogP contribution is 2.29. The van der Waals surface area contributed by atoms with Gasteiger partial charge in [-0.15, -0.1) is 0 Å². The molecule has 1 aromatic rings. The molecule has 0 atom stereocenters. The van der Waals surface area contributed by atoms with Crippen molar-refractivity contribution in [2.45, 2.75) is 18.8 Å². The van der Waals surface area contributed by atoms with Crippen molar-refractivity contribution in [3.63, 3.8) is 0 Å². The summed E-state index contributed by atoms with van der Waals surface area (Å²) in [7, 11) is 0. The van der Waals surface area contributed by atoms with Gasteiger partial charge >= 0.3 is 6.18 Å². The van der Waals surface area contributed by atoms with Gasteiger partial charge in [0, 0.05) is 6.54 Å². The Labute approximate surface area is 91.4 Å². The van der Waals surface area contributed by atoms with Crippen molar-refractivity contribution in [3.05, 3.63) is 35.4 Å². The minimum absolute atomic E-state index is 0.273. The molecule has 0 bridgehead atoms. The first-order valence-electron chi connectivity index (χ1n) is 5.03. The molecule has 1 heterocycles. The fraction of sp³-hybridized carbons (Fsp3) is 0.455. The van der Waals surface area contributed by atoms with Gasteiger partial charge in [-0.05, 0) is 11.6 Å². The Morgan fingerprint density at radius 1 is 1.31 bits per heavy atom. The molecular formula is C11H12F3NO. The molecule has 5 heteroatoms. The van der Waals surface area contributed by atoms with Gasteiger partial charge in [0.05, 0.1) is 24.8 Å². The minimum atomic E-state index is -4.27. The lowest BCUT2D eigenvalue weighted by molar-refractivity contribution is -0.137. The lowest BCUT2D eigenvalue weighted by Gasteiger charge is -2.27. The van der Waals surface area contributed by atoms with Crippen LogP contribution in [0.2, 0.25) is 0 Å². The van der Waals surface area contributed by atoms with Crippen LogP contribution in [0.25, 0.3) is 0 Å². The molecule has 0 unspecified atom stereocenters. The molecule has 0 spiro atoms.